The molecule has 9 heteroatoms. The molecule has 0 bridgehead atoms. The van der Waals surface area contributed by atoms with Crippen molar-refractivity contribution < 1.29 is 23.9 Å². The number of benzene rings is 2. The summed E-state index contributed by atoms with van der Waals surface area (Å²) in [6.45, 7) is -0.292. The molecule has 0 aliphatic carbocycles. The summed E-state index contributed by atoms with van der Waals surface area (Å²) in [6.07, 6.45) is 1.48. The minimum Gasteiger partial charge on any atom is -0.493 e. The van der Waals surface area contributed by atoms with Gasteiger partial charge in [0.2, 0.25) is 0 Å². The SMILES string of the molecule is COc1cc(/C=C2/C(=O)NN(c3ccccc3)C2=O)cc(I)c1OCC(N)=O. The fourth-order valence-electron chi connectivity index (χ4n) is 2.59. The number of methoxy groups -OCH3 is 1. The number of anilines is 1. The van der Waals surface area contributed by atoms with Gasteiger partial charge in [-0.2, -0.15) is 0 Å². The number of para-hydroxylation sites is 1. The molecule has 3 rings (SSSR count). The number of nitrogens with two attached hydrogens (primary N) is 1. The standard InChI is InChI=1S/C19H16IN3O5/c1-27-15-9-11(8-14(20)17(15)28-10-16(21)24)7-13-18(25)22-23(19(13)26)12-5-3-2-4-6-12/h2-9H,10H2,1H3,(H2,21,24)(H,22,25)/b13-7-. The van der Waals surface area contributed by atoms with Gasteiger partial charge in [0.15, 0.2) is 18.1 Å². The first-order chi connectivity index (χ1) is 13.4. The van der Waals surface area contributed by atoms with Crippen LogP contribution in [0.25, 0.3) is 6.08 Å². The number of nitrogens with zero attached hydrogens (tertiary/aromatic N) is 1. The van der Waals surface area contributed by atoms with Gasteiger partial charge in [-0.15, -0.1) is 0 Å². The van der Waals surface area contributed by atoms with E-state index in [0.717, 1.165) is 0 Å². The van der Waals surface area contributed by atoms with Crippen LogP contribution in [0.5, 0.6) is 11.5 Å². The van der Waals surface area contributed by atoms with Crippen molar-refractivity contribution in [3.63, 3.8) is 0 Å². The molecule has 0 atom stereocenters. The molecule has 28 heavy (non-hydrogen) atoms. The van der Waals surface area contributed by atoms with Crippen LogP contribution >= 0.6 is 22.6 Å². The number of rotatable bonds is 6. The maximum atomic E-state index is 12.7. The highest BCUT2D eigenvalue weighted by molar-refractivity contribution is 14.1. The van der Waals surface area contributed by atoms with Crippen LogP contribution in [-0.2, 0) is 14.4 Å². The first kappa shape index (κ1) is 19.7. The Balaban J connectivity index is 1.92. The zero-order valence-corrected chi connectivity index (χ0v) is 16.9. The summed E-state index contributed by atoms with van der Waals surface area (Å²) in [5.41, 5.74) is 8.78. The molecule has 1 fully saturated rings. The molecule has 0 spiro atoms. The van der Waals surface area contributed by atoms with Crippen molar-refractivity contribution in [2.24, 2.45) is 5.73 Å². The largest absolute Gasteiger partial charge is 0.493 e. The summed E-state index contributed by atoms with van der Waals surface area (Å²) in [7, 11) is 1.45. The third-order valence-corrected chi connectivity index (χ3v) is 4.63. The number of primary amides is 1. The van der Waals surface area contributed by atoms with Crippen LogP contribution in [-0.4, -0.2) is 31.4 Å². The van der Waals surface area contributed by atoms with Crippen molar-refractivity contribution in [1.82, 2.24) is 5.43 Å². The summed E-state index contributed by atoms with van der Waals surface area (Å²) >= 11 is 2.01. The summed E-state index contributed by atoms with van der Waals surface area (Å²) < 4.78 is 11.3. The number of halogens is 1. The van der Waals surface area contributed by atoms with Crippen molar-refractivity contribution in [2.75, 3.05) is 18.7 Å². The molecule has 3 N–H and O–H groups in total. The highest BCUT2D eigenvalue weighted by atomic mass is 127. The number of nitrogens with one attached hydrogen (secondary N) is 1. The number of carbonyl (C=O) groups is 3. The zero-order valence-electron chi connectivity index (χ0n) is 14.8. The monoisotopic (exact) mass is 493 g/mol. The molecule has 8 nitrogen and oxygen atoms in total. The van der Waals surface area contributed by atoms with Crippen molar-refractivity contribution >= 4 is 52.1 Å². The molecule has 3 amide bonds. The maximum absolute atomic E-state index is 12.7. The predicted molar refractivity (Wildman–Crippen MR) is 110 cm³/mol. The molecular formula is C19H16IN3O5. The fraction of sp³-hybridized carbons (Fsp3) is 0.105. The third-order valence-electron chi connectivity index (χ3n) is 3.83. The fourth-order valence-corrected chi connectivity index (χ4v) is 3.37. The first-order valence-corrected chi connectivity index (χ1v) is 9.19. The van der Waals surface area contributed by atoms with Gasteiger partial charge in [0, 0.05) is 0 Å². The lowest BCUT2D eigenvalue weighted by Gasteiger charge is -2.14. The van der Waals surface area contributed by atoms with Gasteiger partial charge < -0.3 is 15.2 Å². The van der Waals surface area contributed by atoms with Crippen molar-refractivity contribution in [3.05, 3.63) is 57.2 Å². The van der Waals surface area contributed by atoms with Crippen LogP contribution in [0.4, 0.5) is 5.69 Å². The number of carbonyl (C=O) groups excluding carboxylic acids is 3. The summed E-state index contributed by atoms with van der Waals surface area (Å²) in [5, 5.41) is 1.20. The van der Waals surface area contributed by atoms with Gasteiger partial charge in [-0.25, -0.2) is 5.01 Å². The van der Waals surface area contributed by atoms with Crippen LogP contribution in [0.1, 0.15) is 5.56 Å². The van der Waals surface area contributed by atoms with Crippen LogP contribution in [0.2, 0.25) is 0 Å². The van der Waals surface area contributed by atoms with Gasteiger partial charge in [-0.1, -0.05) is 18.2 Å². The van der Waals surface area contributed by atoms with Gasteiger partial charge in [-0.3, -0.25) is 19.8 Å². The van der Waals surface area contributed by atoms with E-state index in [4.69, 9.17) is 15.2 Å². The molecule has 144 valence electrons. The van der Waals surface area contributed by atoms with Gasteiger partial charge in [-0.05, 0) is 58.5 Å². The Labute approximate surface area is 174 Å². The molecule has 0 unspecified atom stereocenters. The third kappa shape index (κ3) is 4.09. The topological polar surface area (TPSA) is 111 Å². The Bertz CT molecular complexity index is 975. The highest BCUT2D eigenvalue weighted by Crippen LogP contribution is 2.35. The zero-order chi connectivity index (χ0) is 20.3. The van der Waals surface area contributed by atoms with E-state index in [1.807, 2.05) is 28.7 Å². The van der Waals surface area contributed by atoms with E-state index in [-0.39, 0.29) is 12.2 Å². The molecule has 2 aromatic rings. The molecule has 1 aliphatic rings. The molecule has 2 aromatic carbocycles. The molecule has 0 radical (unpaired) electrons. The molecular weight excluding hydrogens is 477 g/mol. The smallest absolute Gasteiger partial charge is 0.282 e. The first-order valence-electron chi connectivity index (χ1n) is 8.11. The lowest BCUT2D eigenvalue weighted by molar-refractivity contribution is -0.120. The van der Waals surface area contributed by atoms with E-state index >= 15 is 0 Å². The van der Waals surface area contributed by atoms with Crippen molar-refractivity contribution in [3.8, 4) is 11.5 Å². The van der Waals surface area contributed by atoms with Crippen LogP contribution < -0.4 is 25.6 Å². The van der Waals surface area contributed by atoms with Crippen LogP contribution in [0, 0.1) is 3.57 Å². The van der Waals surface area contributed by atoms with Gasteiger partial charge in [0.25, 0.3) is 17.7 Å². The average molecular weight is 493 g/mol. The van der Waals surface area contributed by atoms with E-state index in [0.29, 0.717) is 26.3 Å². The second-order valence-electron chi connectivity index (χ2n) is 5.76. The number of amides is 3. The Morgan fingerprint density at radius 3 is 2.61 bits per heavy atom. The quantitative estimate of drug-likeness (QED) is 0.361. The van der Waals surface area contributed by atoms with Crippen molar-refractivity contribution in [1.29, 1.82) is 0 Å². The summed E-state index contributed by atoms with van der Waals surface area (Å²) in [6, 6.07) is 12.1. The van der Waals surface area contributed by atoms with Crippen molar-refractivity contribution in [2.45, 2.75) is 0 Å². The minimum atomic E-state index is -0.613. The van der Waals surface area contributed by atoms with Crippen LogP contribution in [0.15, 0.2) is 48.0 Å². The number of hydrogen-bond acceptors (Lipinski definition) is 5. The lowest BCUT2D eigenvalue weighted by Crippen LogP contribution is -2.35. The molecule has 1 aliphatic heterocycles. The predicted octanol–water partition coefficient (Wildman–Crippen LogP) is 1.63. The molecule has 1 heterocycles. The Hall–Kier alpha value is -3.08. The number of hydrazine groups is 1. The number of ether oxygens (including phenoxy) is 2. The van der Waals surface area contributed by atoms with E-state index in [1.165, 1.54) is 18.2 Å². The van der Waals surface area contributed by atoms with Gasteiger partial charge >= 0.3 is 0 Å². The van der Waals surface area contributed by atoms with Gasteiger partial charge in [0.1, 0.15) is 5.57 Å². The van der Waals surface area contributed by atoms with E-state index < -0.39 is 17.7 Å². The number of hydrogen-bond donors (Lipinski definition) is 2. The van der Waals surface area contributed by atoms with E-state index in [1.54, 1.807) is 36.4 Å². The molecule has 1 saturated heterocycles. The van der Waals surface area contributed by atoms with E-state index in [9.17, 15) is 14.4 Å². The Morgan fingerprint density at radius 2 is 1.96 bits per heavy atom. The normalized spacial score (nSPS) is 14.9. The Kier molecular flexibility index (Phi) is 5.83. The average Bonchev–Trinajstić information content (AvgIpc) is 2.95. The molecule has 0 aromatic heterocycles. The van der Waals surface area contributed by atoms with Gasteiger partial charge in [0.05, 0.1) is 16.4 Å². The summed E-state index contributed by atoms with van der Waals surface area (Å²) in [4.78, 5) is 35.9. The second-order valence-corrected chi connectivity index (χ2v) is 6.93. The highest BCUT2D eigenvalue weighted by Gasteiger charge is 2.34. The Morgan fingerprint density at radius 1 is 1.25 bits per heavy atom. The molecule has 0 saturated carbocycles. The minimum absolute atomic E-state index is 0.00693. The van der Waals surface area contributed by atoms with Crippen LogP contribution in [0.3, 0.4) is 0 Å². The second kappa shape index (κ2) is 8.30. The maximum Gasteiger partial charge on any atom is 0.282 e. The van der Waals surface area contributed by atoms with E-state index in [2.05, 4.69) is 5.43 Å². The summed E-state index contributed by atoms with van der Waals surface area (Å²) in [5.74, 6) is -0.864. The lowest BCUT2D eigenvalue weighted by atomic mass is 10.1.